The van der Waals surface area contributed by atoms with Crippen molar-refractivity contribution in [2.24, 2.45) is 4.99 Å². The Labute approximate surface area is 226 Å². The van der Waals surface area contributed by atoms with E-state index in [0.717, 1.165) is 0 Å². The molecule has 1 aromatic heterocycles. The van der Waals surface area contributed by atoms with Gasteiger partial charge >= 0.3 is 12.3 Å². The summed E-state index contributed by atoms with van der Waals surface area (Å²) < 4.78 is 58.8. The number of amides is 1. The van der Waals surface area contributed by atoms with Gasteiger partial charge in [-0.3, -0.25) is 9.59 Å². The Morgan fingerprint density at radius 2 is 1.77 bits per heavy atom. The van der Waals surface area contributed by atoms with E-state index in [1.807, 2.05) is 0 Å². The van der Waals surface area contributed by atoms with Crippen LogP contribution < -0.4 is 24.3 Å². The average molecular weight is 568 g/mol. The highest BCUT2D eigenvalue weighted by molar-refractivity contribution is 7.07. The lowest BCUT2D eigenvalue weighted by atomic mass is 10.1. The van der Waals surface area contributed by atoms with Gasteiger partial charge in [0.1, 0.15) is 17.2 Å². The number of benzene rings is 2. The van der Waals surface area contributed by atoms with E-state index in [1.54, 1.807) is 35.1 Å². The molecule has 1 amide bonds. The third-order valence-electron chi connectivity index (χ3n) is 5.33. The molecule has 0 fully saturated rings. The Kier molecular flexibility index (Phi) is 10.5. The van der Waals surface area contributed by atoms with Crippen LogP contribution in [-0.2, 0) is 16.1 Å². The molecule has 13 heteroatoms. The van der Waals surface area contributed by atoms with E-state index in [9.17, 15) is 22.8 Å². The quantitative estimate of drug-likeness (QED) is 0.256. The molecule has 3 aromatic rings. The molecule has 0 aliphatic rings. The highest BCUT2D eigenvalue weighted by Crippen LogP contribution is 2.28. The lowest BCUT2D eigenvalue weighted by Gasteiger charge is -2.12. The van der Waals surface area contributed by atoms with Crippen molar-refractivity contribution in [2.45, 2.75) is 26.3 Å². The number of hydrogen-bond donors (Lipinski definition) is 1. The zero-order valence-electron chi connectivity index (χ0n) is 21.5. The smallest absolute Gasteiger partial charge is 0.497 e. The highest BCUT2D eigenvalue weighted by Gasteiger charge is 2.31. The maximum Gasteiger partial charge on any atom is 0.573 e. The van der Waals surface area contributed by atoms with Crippen LogP contribution >= 0.6 is 11.3 Å². The van der Waals surface area contributed by atoms with E-state index in [0.29, 0.717) is 53.7 Å². The van der Waals surface area contributed by atoms with E-state index in [-0.39, 0.29) is 23.8 Å². The highest BCUT2D eigenvalue weighted by atomic mass is 32.1. The Bertz CT molecular complexity index is 1340. The molecule has 0 radical (unpaired) electrons. The summed E-state index contributed by atoms with van der Waals surface area (Å²) in [5.41, 5.74) is 1.50. The van der Waals surface area contributed by atoms with Crippen LogP contribution in [0.4, 0.5) is 13.2 Å². The Hall–Kier alpha value is -3.84. The first kappa shape index (κ1) is 29.7. The fourth-order valence-corrected chi connectivity index (χ4v) is 4.51. The number of nitrogens with zero attached hydrogens (tertiary/aromatic N) is 2. The third kappa shape index (κ3) is 8.58. The van der Waals surface area contributed by atoms with Gasteiger partial charge in [0.25, 0.3) is 5.91 Å². The summed E-state index contributed by atoms with van der Waals surface area (Å²) in [6, 6.07) is 10.2. The van der Waals surface area contributed by atoms with Crippen LogP contribution in [0.3, 0.4) is 0 Å². The van der Waals surface area contributed by atoms with Gasteiger partial charge < -0.3 is 28.8 Å². The maximum atomic E-state index is 13.1. The van der Waals surface area contributed by atoms with E-state index >= 15 is 0 Å². The predicted molar refractivity (Wildman–Crippen MR) is 138 cm³/mol. The Morgan fingerprint density at radius 1 is 1.05 bits per heavy atom. The second-order valence-corrected chi connectivity index (χ2v) is 8.78. The molecule has 1 heterocycles. The molecule has 0 aliphatic carbocycles. The largest absolute Gasteiger partial charge is 0.573 e. The normalized spacial score (nSPS) is 11.8. The van der Waals surface area contributed by atoms with Gasteiger partial charge in [0.15, 0.2) is 4.80 Å². The number of rotatable bonds is 12. The van der Waals surface area contributed by atoms with E-state index in [4.69, 9.17) is 14.2 Å². The van der Waals surface area contributed by atoms with Crippen molar-refractivity contribution in [1.82, 2.24) is 9.88 Å². The van der Waals surface area contributed by atoms with Gasteiger partial charge in [0.05, 0.1) is 38.6 Å². The van der Waals surface area contributed by atoms with Gasteiger partial charge in [-0.15, -0.1) is 24.5 Å². The fraction of sp³-hybridized carbons (Fsp3) is 0.346. The van der Waals surface area contributed by atoms with E-state index < -0.39 is 12.3 Å². The van der Waals surface area contributed by atoms with Crippen molar-refractivity contribution in [3.8, 4) is 28.5 Å². The predicted octanol–water partition coefficient (Wildman–Crippen LogP) is 4.42. The number of alkyl halides is 3. The number of nitrogens with one attached hydrogen (secondary N) is 1. The molecular weight excluding hydrogens is 539 g/mol. The maximum absolute atomic E-state index is 13.1. The minimum atomic E-state index is -4.80. The summed E-state index contributed by atoms with van der Waals surface area (Å²) in [7, 11) is 2.94. The van der Waals surface area contributed by atoms with Crippen LogP contribution in [0.1, 0.15) is 23.7 Å². The van der Waals surface area contributed by atoms with E-state index in [2.05, 4.69) is 15.0 Å². The molecule has 0 saturated heterocycles. The standard InChI is InChI=1S/C26H28F3N3O6S/c1-4-37-23(33)15-30-12-5-13-32-21(17-6-8-18(9-7-17)38-26(27,28)29)16-39-25(32)31-24(34)20-11-10-19(35-2)14-22(20)36-3/h6-11,14,16,30H,4-5,12-13,15H2,1-3H3/b31-25-. The summed E-state index contributed by atoms with van der Waals surface area (Å²) >= 11 is 1.21. The van der Waals surface area contributed by atoms with Gasteiger partial charge in [0.2, 0.25) is 0 Å². The number of thiazole rings is 1. The number of carbonyl (C=O) groups is 2. The van der Waals surface area contributed by atoms with Crippen LogP contribution in [-0.4, -0.2) is 56.7 Å². The number of aromatic nitrogens is 1. The topological polar surface area (TPSA) is 100 Å². The van der Waals surface area contributed by atoms with Crippen LogP contribution in [0.5, 0.6) is 17.2 Å². The summed E-state index contributed by atoms with van der Waals surface area (Å²) in [4.78, 5) is 29.3. The van der Waals surface area contributed by atoms with Crippen molar-refractivity contribution in [1.29, 1.82) is 0 Å². The number of methoxy groups -OCH3 is 2. The van der Waals surface area contributed by atoms with Crippen LogP contribution in [0, 0.1) is 0 Å². The number of halogens is 3. The zero-order valence-corrected chi connectivity index (χ0v) is 22.4. The van der Waals surface area contributed by atoms with Crippen LogP contribution in [0.2, 0.25) is 0 Å². The molecule has 0 spiro atoms. The molecule has 0 aliphatic heterocycles. The zero-order chi connectivity index (χ0) is 28.4. The lowest BCUT2D eigenvalue weighted by Crippen LogP contribution is -2.27. The SMILES string of the molecule is CCOC(=O)CNCCCn1c(-c2ccc(OC(F)(F)F)cc2)cs/c1=N\C(=O)c1ccc(OC)cc1OC. The number of esters is 1. The van der Waals surface area contributed by atoms with Crippen LogP contribution in [0.15, 0.2) is 52.8 Å². The molecule has 1 N–H and O–H groups in total. The van der Waals surface area contributed by atoms with Crippen molar-refractivity contribution in [3.05, 3.63) is 58.2 Å². The molecule has 210 valence electrons. The molecule has 0 saturated carbocycles. The second kappa shape index (κ2) is 13.8. The summed E-state index contributed by atoms with van der Waals surface area (Å²) in [5, 5.41) is 4.77. The van der Waals surface area contributed by atoms with Gasteiger partial charge in [-0.25, -0.2) is 0 Å². The van der Waals surface area contributed by atoms with Gasteiger partial charge in [-0.2, -0.15) is 4.99 Å². The second-order valence-electron chi connectivity index (χ2n) is 7.95. The third-order valence-corrected chi connectivity index (χ3v) is 6.19. The Balaban J connectivity index is 1.90. The molecule has 39 heavy (non-hydrogen) atoms. The van der Waals surface area contributed by atoms with Gasteiger partial charge in [-0.1, -0.05) is 0 Å². The first-order valence-electron chi connectivity index (χ1n) is 11.9. The first-order chi connectivity index (χ1) is 18.6. The number of hydrogen-bond acceptors (Lipinski definition) is 8. The van der Waals surface area contributed by atoms with E-state index in [1.165, 1.54) is 49.8 Å². The van der Waals surface area contributed by atoms with Crippen molar-refractivity contribution in [2.75, 3.05) is 33.9 Å². The minimum absolute atomic E-state index is 0.0582. The molecule has 3 rings (SSSR count). The molecule has 0 bridgehead atoms. The summed E-state index contributed by atoms with van der Waals surface area (Å²) in [5.74, 6) is -0.425. The van der Waals surface area contributed by atoms with Gasteiger partial charge in [-0.05, 0) is 61.9 Å². The molecular formula is C26H28F3N3O6S. The van der Waals surface area contributed by atoms with Crippen molar-refractivity contribution >= 4 is 23.2 Å². The lowest BCUT2D eigenvalue weighted by molar-refractivity contribution is -0.274. The number of ether oxygens (including phenoxy) is 4. The summed E-state index contributed by atoms with van der Waals surface area (Å²) in [6.07, 6.45) is -4.24. The van der Waals surface area contributed by atoms with Crippen LogP contribution in [0.25, 0.3) is 11.3 Å². The molecule has 2 aromatic carbocycles. The van der Waals surface area contributed by atoms with Crippen molar-refractivity contribution in [3.63, 3.8) is 0 Å². The number of carbonyl (C=O) groups excluding carboxylic acids is 2. The minimum Gasteiger partial charge on any atom is -0.497 e. The molecule has 0 unspecified atom stereocenters. The average Bonchev–Trinajstić information content (AvgIpc) is 3.29. The molecule has 9 nitrogen and oxygen atoms in total. The van der Waals surface area contributed by atoms with Crippen molar-refractivity contribution < 1.29 is 41.7 Å². The Morgan fingerprint density at radius 3 is 2.41 bits per heavy atom. The fourth-order valence-electron chi connectivity index (χ4n) is 3.58. The summed E-state index contributed by atoms with van der Waals surface area (Å²) in [6.45, 7) is 2.95. The molecule has 0 atom stereocenters. The first-order valence-corrected chi connectivity index (χ1v) is 12.7. The monoisotopic (exact) mass is 567 g/mol. The van der Waals surface area contributed by atoms with Gasteiger partial charge in [0, 0.05) is 18.0 Å².